The van der Waals surface area contributed by atoms with Crippen LogP contribution in [0.15, 0.2) is 59.0 Å². The van der Waals surface area contributed by atoms with Gasteiger partial charge in [-0.3, -0.25) is 9.59 Å². The number of alkyl halides is 3. The molecule has 40 heavy (non-hydrogen) atoms. The van der Waals surface area contributed by atoms with Gasteiger partial charge in [0, 0.05) is 36.2 Å². The van der Waals surface area contributed by atoms with Crippen molar-refractivity contribution in [3.8, 4) is 22.5 Å². The van der Waals surface area contributed by atoms with Crippen LogP contribution in [-0.2, 0) is 6.42 Å². The van der Waals surface area contributed by atoms with Gasteiger partial charge in [-0.15, -0.1) is 0 Å². The lowest BCUT2D eigenvalue weighted by Gasteiger charge is -2.14. The summed E-state index contributed by atoms with van der Waals surface area (Å²) in [7, 11) is 1.44. The van der Waals surface area contributed by atoms with Crippen LogP contribution in [0.1, 0.15) is 52.6 Å². The van der Waals surface area contributed by atoms with Crippen molar-refractivity contribution >= 4 is 22.9 Å². The molecule has 0 saturated heterocycles. The molecule has 208 valence electrons. The highest BCUT2D eigenvalue weighted by Gasteiger charge is 2.30. The Balaban J connectivity index is 1.65. The maximum absolute atomic E-state index is 13.6. The number of nitrogens with zero attached hydrogens (tertiary/aromatic N) is 1. The molecule has 1 atom stereocenters. The Morgan fingerprint density at radius 3 is 2.42 bits per heavy atom. The van der Waals surface area contributed by atoms with Crippen molar-refractivity contribution in [2.24, 2.45) is 5.92 Å². The molecule has 5 rings (SSSR count). The van der Waals surface area contributed by atoms with Crippen LogP contribution in [0.3, 0.4) is 0 Å². The second kappa shape index (κ2) is 10.7. The second-order valence-electron chi connectivity index (χ2n) is 10.0. The average molecular weight is 554 g/mol. The molecule has 2 heterocycles. The van der Waals surface area contributed by atoms with E-state index in [0.29, 0.717) is 28.2 Å². The normalized spacial score (nSPS) is 14.2. The summed E-state index contributed by atoms with van der Waals surface area (Å²) in [6, 6.07) is 13.5. The Morgan fingerprint density at radius 2 is 1.77 bits per heavy atom. The first-order valence-corrected chi connectivity index (χ1v) is 13.0. The number of amides is 2. The van der Waals surface area contributed by atoms with E-state index in [1.807, 2.05) is 6.92 Å². The van der Waals surface area contributed by atoms with E-state index in [1.54, 1.807) is 30.3 Å². The Hall–Kier alpha value is -4.21. The number of carbonyl (C=O) groups is 2. The van der Waals surface area contributed by atoms with Crippen molar-refractivity contribution in [3.05, 3.63) is 77.2 Å². The second-order valence-corrected chi connectivity index (χ2v) is 10.0. The fourth-order valence-corrected chi connectivity index (χ4v) is 4.75. The molecule has 6 nitrogen and oxygen atoms in total. The molecular formula is C30H27F4N3O3. The number of nitrogens with one attached hydrogen (secondary N) is 2. The minimum atomic E-state index is -4.43. The van der Waals surface area contributed by atoms with E-state index in [1.165, 1.54) is 31.3 Å². The minimum absolute atomic E-state index is 0.0162. The third-order valence-electron chi connectivity index (χ3n) is 7.09. The summed E-state index contributed by atoms with van der Waals surface area (Å²) in [4.78, 5) is 30.3. The highest BCUT2D eigenvalue weighted by Crippen LogP contribution is 2.38. The van der Waals surface area contributed by atoms with Crippen molar-refractivity contribution in [3.63, 3.8) is 0 Å². The third-order valence-corrected chi connectivity index (χ3v) is 7.09. The van der Waals surface area contributed by atoms with Crippen LogP contribution >= 0.6 is 0 Å². The summed E-state index contributed by atoms with van der Waals surface area (Å²) >= 11 is 0. The number of halogens is 4. The van der Waals surface area contributed by atoms with Crippen LogP contribution in [0.2, 0.25) is 0 Å². The Morgan fingerprint density at radius 1 is 1.05 bits per heavy atom. The van der Waals surface area contributed by atoms with Gasteiger partial charge in [0.15, 0.2) is 0 Å². The van der Waals surface area contributed by atoms with Gasteiger partial charge in [-0.05, 0) is 80.1 Å². The zero-order valence-corrected chi connectivity index (χ0v) is 21.9. The first-order chi connectivity index (χ1) is 19.0. The standard InChI is InChI=1S/C30H27F4N3O3/c1-16(17-6-7-17)36-27(38)20-5-3-4-19(14-20)22-15-23-25(28(39)35-2)26(18-8-10-21(31)11-9-18)40-29(23)37-24(22)12-13-30(32,33)34/h3-5,8-11,14-17H,6-7,12-13H2,1-2H3,(H,35,39)(H,36,38). The first-order valence-electron chi connectivity index (χ1n) is 13.0. The number of carbonyl (C=O) groups excluding carboxylic acids is 2. The topological polar surface area (TPSA) is 84.2 Å². The van der Waals surface area contributed by atoms with Gasteiger partial charge in [0.2, 0.25) is 5.71 Å². The Kier molecular flexibility index (Phi) is 7.35. The summed E-state index contributed by atoms with van der Waals surface area (Å²) in [6.07, 6.45) is -3.86. The van der Waals surface area contributed by atoms with E-state index in [4.69, 9.17) is 4.42 Å². The minimum Gasteiger partial charge on any atom is -0.437 e. The number of furan rings is 1. The maximum Gasteiger partial charge on any atom is 0.389 e. The van der Waals surface area contributed by atoms with Crippen LogP contribution < -0.4 is 10.6 Å². The molecule has 2 N–H and O–H groups in total. The van der Waals surface area contributed by atoms with Gasteiger partial charge in [0.25, 0.3) is 11.8 Å². The number of aryl methyl sites for hydroxylation is 1. The van der Waals surface area contributed by atoms with Gasteiger partial charge in [-0.2, -0.15) is 13.2 Å². The molecule has 2 aromatic heterocycles. The molecule has 1 fully saturated rings. The predicted octanol–water partition coefficient (Wildman–Crippen LogP) is 6.68. The highest BCUT2D eigenvalue weighted by molar-refractivity contribution is 6.11. The van der Waals surface area contributed by atoms with Gasteiger partial charge >= 0.3 is 6.18 Å². The average Bonchev–Trinajstić information content (AvgIpc) is 3.72. The van der Waals surface area contributed by atoms with Crippen LogP contribution in [-0.4, -0.2) is 36.1 Å². The fraction of sp³-hybridized carbons (Fsp3) is 0.300. The number of pyridine rings is 1. The Labute approximate surface area is 227 Å². The Bertz CT molecular complexity index is 1570. The number of aromatic nitrogens is 1. The molecule has 1 saturated carbocycles. The molecular weight excluding hydrogens is 526 g/mol. The first kappa shape index (κ1) is 27.4. The fourth-order valence-electron chi connectivity index (χ4n) is 4.75. The molecule has 1 unspecified atom stereocenters. The number of hydrogen-bond donors (Lipinski definition) is 2. The molecule has 2 amide bonds. The van der Waals surface area contributed by atoms with Crippen molar-refractivity contribution in [2.75, 3.05) is 7.05 Å². The third kappa shape index (κ3) is 5.85. The van der Waals surface area contributed by atoms with E-state index < -0.39 is 30.7 Å². The molecule has 0 radical (unpaired) electrons. The summed E-state index contributed by atoms with van der Waals surface area (Å²) in [5, 5.41) is 5.82. The lowest BCUT2D eigenvalue weighted by molar-refractivity contribution is -0.134. The van der Waals surface area contributed by atoms with E-state index in [2.05, 4.69) is 15.6 Å². The summed E-state index contributed by atoms with van der Waals surface area (Å²) in [5.41, 5.74) is 1.79. The zero-order valence-electron chi connectivity index (χ0n) is 21.9. The van der Waals surface area contributed by atoms with Gasteiger partial charge in [-0.25, -0.2) is 9.37 Å². The van der Waals surface area contributed by atoms with Gasteiger partial charge in [0.1, 0.15) is 11.6 Å². The number of fused-ring (bicyclic) bond motifs is 1. The van der Waals surface area contributed by atoms with E-state index in [9.17, 15) is 27.2 Å². The van der Waals surface area contributed by atoms with E-state index in [0.717, 1.165) is 12.8 Å². The quantitative estimate of drug-likeness (QED) is 0.238. The smallest absolute Gasteiger partial charge is 0.389 e. The largest absolute Gasteiger partial charge is 0.437 e. The monoisotopic (exact) mass is 553 g/mol. The molecule has 0 spiro atoms. The van der Waals surface area contributed by atoms with Crippen LogP contribution in [0.25, 0.3) is 33.6 Å². The molecule has 2 aromatic carbocycles. The van der Waals surface area contributed by atoms with E-state index in [-0.39, 0.29) is 40.1 Å². The van der Waals surface area contributed by atoms with Crippen molar-refractivity contribution in [1.82, 2.24) is 15.6 Å². The van der Waals surface area contributed by atoms with Gasteiger partial charge in [0.05, 0.1) is 16.6 Å². The molecule has 4 aromatic rings. The van der Waals surface area contributed by atoms with E-state index >= 15 is 0 Å². The maximum atomic E-state index is 13.6. The van der Waals surface area contributed by atoms with Gasteiger partial charge in [-0.1, -0.05) is 12.1 Å². The summed E-state index contributed by atoms with van der Waals surface area (Å²) in [5.74, 6) is -0.696. The number of hydrogen-bond acceptors (Lipinski definition) is 4. The lowest BCUT2D eigenvalue weighted by atomic mass is 9.96. The zero-order chi connectivity index (χ0) is 28.6. The summed E-state index contributed by atoms with van der Waals surface area (Å²) < 4.78 is 59.2. The van der Waals surface area contributed by atoms with Crippen molar-refractivity contribution in [1.29, 1.82) is 0 Å². The number of benzene rings is 2. The van der Waals surface area contributed by atoms with Crippen molar-refractivity contribution in [2.45, 2.75) is 44.8 Å². The summed E-state index contributed by atoms with van der Waals surface area (Å²) in [6.45, 7) is 1.95. The predicted molar refractivity (Wildman–Crippen MR) is 142 cm³/mol. The highest BCUT2D eigenvalue weighted by atomic mass is 19.4. The molecule has 0 bridgehead atoms. The van der Waals surface area contributed by atoms with Crippen LogP contribution in [0, 0.1) is 11.7 Å². The SMILES string of the molecule is CNC(=O)c1c(-c2ccc(F)cc2)oc2nc(CCC(F)(F)F)c(-c3cccc(C(=O)NC(C)C4CC4)c3)cc12. The van der Waals surface area contributed by atoms with Crippen molar-refractivity contribution < 1.29 is 31.6 Å². The van der Waals surface area contributed by atoms with Crippen LogP contribution in [0.5, 0.6) is 0 Å². The molecule has 0 aliphatic heterocycles. The van der Waals surface area contributed by atoms with Gasteiger partial charge < -0.3 is 15.1 Å². The molecule has 10 heteroatoms. The number of rotatable bonds is 8. The molecule has 1 aliphatic carbocycles. The molecule has 1 aliphatic rings. The van der Waals surface area contributed by atoms with Crippen LogP contribution in [0.4, 0.5) is 17.6 Å². The lowest BCUT2D eigenvalue weighted by Crippen LogP contribution is -2.33.